The lowest BCUT2D eigenvalue weighted by Crippen LogP contribution is -2.32. The van der Waals surface area contributed by atoms with E-state index < -0.39 is 18.5 Å². The van der Waals surface area contributed by atoms with Crippen molar-refractivity contribution in [2.75, 3.05) is 19.8 Å². The average Bonchev–Trinajstić information content (AvgIpc) is 2.74. The van der Waals surface area contributed by atoms with Gasteiger partial charge in [0.05, 0.1) is 11.9 Å². The van der Waals surface area contributed by atoms with Crippen LogP contribution < -0.4 is 15.5 Å². The number of carbonyl (C=O) groups excluding carboxylic acids is 2. The largest absolute Gasteiger partial charge is 0.492 e. The Bertz CT molecular complexity index is 1130. The lowest BCUT2D eigenvalue weighted by Gasteiger charge is -2.19. The van der Waals surface area contributed by atoms with Crippen molar-refractivity contribution in [2.45, 2.75) is 26.2 Å². The van der Waals surface area contributed by atoms with Gasteiger partial charge in [0.15, 0.2) is 12.0 Å². The number of carbonyl (C=O) groups is 2. The molecule has 0 fully saturated rings. The lowest BCUT2D eigenvalue weighted by atomic mass is 9.87. The number of nitrogens with one attached hydrogen (secondary N) is 1. The van der Waals surface area contributed by atoms with E-state index in [0.29, 0.717) is 11.1 Å². The van der Waals surface area contributed by atoms with Crippen LogP contribution in [0.2, 0.25) is 0 Å². The quantitative estimate of drug-likeness (QED) is 0.462. The van der Waals surface area contributed by atoms with Crippen molar-refractivity contribution in [3.05, 3.63) is 76.1 Å². The number of esters is 1. The predicted octanol–water partition coefficient (Wildman–Crippen LogP) is 3.44. The highest BCUT2D eigenvalue weighted by Crippen LogP contribution is 2.24. The van der Waals surface area contributed by atoms with Crippen LogP contribution in [0.4, 0.5) is 0 Å². The molecule has 31 heavy (non-hydrogen) atoms. The summed E-state index contributed by atoms with van der Waals surface area (Å²) in [5.41, 5.74) is 1.20. The molecule has 2 aromatic carbocycles. The minimum absolute atomic E-state index is 0.0688. The second-order valence-electron chi connectivity index (χ2n) is 8.02. The van der Waals surface area contributed by atoms with Gasteiger partial charge in [0.2, 0.25) is 5.76 Å². The van der Waals surface area contributed by atoms with Gasteiger partial charge in [0.25, 0.3) is 5.91 Å². The van der Waals surface area contributed by atoms with Gasteiger partial charge < -0.3 is 19.2 Å². The molecule has 0 aliphatic rings. The van der Waals surface area contributed by atoms with Crippen LogP contribution in [0.15, 0.2) is 63.8 Å². The summed E-state index contributed by atoms with van der Waals surface area (Å²) in [5.74, 6) is -0.907. The highest BCUT2D eigenvalue weighted by Gasteiger charge is 2.15. The maximum atomic E-state index is 12.1. The standard InChI is InChI=1S/C24H25NO6/c1-24(2,3)16-8-10-17(11-9-16)29-13-12-25-22(27)15-30-23(28)21-14-19(26)18-6-4-5-7-20(18)31-21/h4-11,14H,12-13,15H2,1-3H3,(H,25,27). The number of para-hydroxylation sites is 1. The fourth-order valence-corrected chi connectivity index (χ4v) is 2.87. The van der Waals surface area contributed by atoms with Crippen LogP contribution >= 0.6 is 0 Å². The topological polar surface area (TPSA) is 94.8 Å². The molecule has 0 aliphatic carbocycles. The van der Waals surface area contributed by atoms with E-state index in [9.17, 15) is 14.4 Å². The van der Waals surface area contributed by atoms with E-state index >= 15 is 0 Å². The Morgan fingerprint density at radius 1 is 1.03 bits per heavy atom. The Morgan fingerprint density at radius 3 is 2.45 bits per heavy atom. The number of ether oxygens (including phenoxy) is 2. The molecule has 0 unspecified atom stereocenters. The monoisotopic (exact) mass is 423 g/mol. The smallest absolute Gasteiger partial charge is 0.374 e. The minimum Gasteiger partial charge on any atom is -0.492 e. The normalized spacial score (nSPS) is 11.2. The molecule has 7 heteroatoms. The molecule has 1 amide bonds. The van der Waals surface area contributed by atoms with E-state index in [1.54, 1.807) is 24.3 Å². The zero-order valence-corrected chi connectivity index (χ0v) is 17.8. The first-order valence-electron chi connectivity index (χ1n) is 9.94. The maximum Gasteiger partial charge on any atom is 0.374 e. The molecule has 1 N–H and O–H groups in total. The summed E-state index contributed by atoms with van der Waals surface area (Å²) < 4.78 is 15.9. The van der Waals surface area contributed by atoms with E-state index in [1.807, 2.05) is 24.3 Å². The molecule has 162 valence electrons. The number of rotatable bonds is 7. The molecule has 1 aromatic heterocycles. The number of benzene rings is 2. The van der Waals surface area contributed by atoms with E-state index in [-0.39, 0.29) is 35.3 Å². The van der Waals surface area contributed by atoms with E-state index in [2.05, 4.69) is 26.1 Å². The SMILES string of the molecule is CC(C)(C)c1ccc(OCCNC(=O)COC(=O)c2cc(=O)c3ccccc3o2)cc1. The van der Waals surface area contributed by atoms with Crippen LogP contribution in [-0.4, -0.2) is 31.6 Å². The van der Waals surface area contributed by atoms with Gasteiger partial charge in [0.1, 0.15) is 17.9 Å². The number of hydrogen-bond donors (Lipinski definition) is 1. The fourth-order valence-electron chi connectivity index (χ4n) is 2.87. The van der Waals surface area contributed by atoms with E-state index in [1.165, 1.54) is 5.56 Å². The summed E-state index contributed by atoms with van der Waals surface area (Å²) in [6.07, 6.45) is 0. The summed E-state index contributed by atoms with van der Waals surface area (Å²) in [4.78, 5) is 36.0. The molecular weight excluding hydrogens is 398 g/mol. The van der Waals surface area contributed by atoms with Gasteiger partial charge in [0, 0.05) is 6.07 Å². The van der Waals surface area contributed by atoms with Crippen LogP contribution in [0.5, 0.6) is 5.75 Å². The number of hydrogen-bond acceptors (Lipinski definition) is 6. The zero-order valence-electron chi connectivity index (χ0n) is 17.8. The third-order valence-electron chi connectivity index (χ3n) is 4.58. The summed E-state index contributed by atoms with van der Waals surface area (Å²) >= 11 is 0. The van der Waals surface area contributed by atoms with Gasteiger partial charge in [-0.05, 0) is 35.2 Å². The summed E-state index contributed by atoms with van der Waals surface area (Å²) in [6.45, 7) is 6.45. The molecule has 0 radical (unpaired) electrons. The third kappa shape index (κ3) is 5.94. The van der Waals surface area contributed by atoms with Crippen LogP contribution in [-0.2, 0) is 14.9 Å². The van der Waals surface area contributed by atoms with Gasteiger partial charge in [-0.2, -0.15) is 0 Å². The highest BCUT2D eigenvalue weighted by molar-refractivity contribution is 5.90. The molecule has 3 aromatic rings. The molecule has 0 spiro atoms. The van der Waals surface area contributed by atoms with Crippen molar-refractivity contribution in [1.29, 1.82) is 0 Å². The molecule has 3 rings (SSSR count). The molecule has 0 saturated carbocycles. The summed E-state index contributed by atoms with van der Waals surface area (Å²) in [7, 11) is 0. The molecule has 0 saturated heterocycles. The van der Waals surface area contributed by atoms with Gasteiger partial charge in [-0.15, -0.1) is 0 Å². The minimum atomic E-state index is -0.881. The van der Waals surface area contributed by atoms with E-state index in [4.69, 9.17) is 13.9 Å². The molecule has 0 atom stereocenters. The van der Waals surface area contributed by atoms with Crippen LogP contribution in [0.1, 0.15) is 36.9 Å². The summed E-state index contributed by atoms with van der Waals surface area (Å²) in [6, 6.07) is 15.4. The average molecular weight is 423 g/mol. The van der Waals surface area contributed by atoms with Crippen LogP contribution in [0.25, 0.3) is 11.0 Å². The van der Waals surface area contributed by atoms with Crippen molar-refractivity contribution < 1.29 is 23.5 Å². The Labute approximate surface area is 180 Å². The lowest BCUT2D eigenvalue weighted by molar-refractivity contribution is -0.124. The number of fused-ring (bicyclic) bond motifs is 1. The van der Waals surface area contributed by atoms with Crippen molar-refractivity contribution in [2.24, 2.45) is 0 Å². The van der Waals surface area contributed by atoms with Gasteiger partial charge >= 0.3 is 5.97 Å². The van der Waals surface area contributed by atoms with Crippen molar-refractivity contribution in [3.8, 4) is 5.75 Å². The van der Waals surface area contributed by atoms with Crippen molar-refractivity contribution >= 4 is 22.8 Å². The second-order valence-corrected chi connectivity index (χ2v) is 8.02. The molecule has 0 aliphatic heterocycles. The van der Waals surface area contributed by atoms with Crippen LogP contribution in [0.3, 0.4) is 0 Å². The predicted molar refractivity (Wildman–Crippen MR) is 116 cm³/mol. The first-order chi connectivity index (χ1) is 14.7. The van der Waals surface area contributed by atoms with Crippen LogP contribution in [0, 0.1) is 0 Å². The van der Waals surface area contributed by atoms with Gasteiger partial charge in [-0.1, -0.05) is 45.0 Å². The second kappa shape index (κ2) is 9.47. The van der Waals surface area contributed by atoms with E-state index in [0.717, 1.165) is 6.07 Å². The first-order valence-corrected chi connectivity index (χ1v) is 9.94. The maximum absolute atomic E-state index is 12.1. The Hall–Kier alpha value is -3.61. The molecule has 0 bridgehead atoms. The Balaban J connectivity index is 1.42. The number of amides is 1. The molecule has 1 heterocycles. The Kier molecular flexibility index (Phi) is 6.74. The Morgan fingerprint density at radius 2 is 1.74 bits per heavy atom. The highest BCUT2D eigenvalue weighted by atomic mass is 16.5. The summed E-state index contributed by atoms with van der Waals surface area (Å²) in [5, 5.41) is 2.97. The van der Waals surface area contributed by atoms with Gasteiger partial charge in [-0.3, -0.25) is 9.59 Å². The first kappa shape index (κ1) is 22.1. The van der Waals surface area contributed by atoms with Gasteiger partial charge in [-0.25, -0.2) is 4.79 Å². The van der Waals surface area contributed by atoms with Crippen molar-refractivity contribution in [3.63, 3.8) is 0 Å². The third-order valence-corrected chi connectivity index (χ3v) is 4.58. The zero-order chi connectivity index (χ0) is 22.4. The fraction of sp³-hybridized carbons (Fsp3) is 0.292. The molecule has 7 nitrogen and oxygen atoms in total. The van der Waals surface area contributed by atoms with Crippen molar-refractivity contribution in [1.82, 2.24) is 5.32 Å². The molecular formula is C24H25NO6.